The third-order valence-electron chi connectivity index (χ3n) is 4.75. The van der Waals surface area contributed by atoms with Gasteiger partial charge in [-0.1, -0.05) is 41.4 Å². The Balaban J connectivity index is 1.55. The molecule has 1 aliphatic carbocycles. The smallest absolute Gasteiger partial charge is 0.292 e. The number of rotatable bonds is 5. The van der Waals surface area contributed by atoms with Crippen LogP contribution in [-0.2, 0) is 12.8 Å². The molecule has 0 aliphatic heterocycles. The van der Waals surface area contributed by atoms with Crippen LogP contribution in [0.15, 0.2) is 47.6 Å². The number of nitrogens with one attached hydrogen (secondary N) is 1. The lowest BCUT2D eigenvalue weighted by atomic mass is 10.2. The first-order valence-corrected chi connectivity index (χ1v) is 9.86. The quantitative estimate of drug-likeness (QED) is 0.482. The SMILES string of the molecule is COc1c(Cl)cc(/C=N/NC(=O)c2nn(-c3ccccc3)c3c2CCC3)cc1Cl. The van der Waals surface area contributed by atoms with Crippen molar-refractivity contribution >= 4 is 35.3 Å². The predicted octanol–water partition coefficient (Wildman–Crippen LogP) is 4.44. The highest BCUT2D eigenvalue weighted by Crippen LogP contribution is 2.33. The normalized spacial score (nSPS) is 12.9. The molecule has 0 atom stereocenters. The number of hydrogen-bond donors (Lipinski definition) is 1. The summed E-state index contributed by atoms with van der Waals surface area (Å²) in [4.78, 5) is 12.7. The summed E-state index contributed by atoms with van der Waals surface area (Å²) in [5.74, 6) is 0.0521. The summed E-state index contributed by atoms with van der Waals surface area (Å²) in [6.07, 6.45) is 4.21. The van der Waals surface area contributed by atoms with Gasteiger partial charge in [-0.2, -0.15) is 10.2 Å². The summed E-state index contributed by atoms with van der Waals surface area (Å²) in [6.45, 7) is 0. The zero-order valence-corrected chi connectivity index (χ0v) is 17.2. The van der Waals surface area contributed by atoms with Gasteiger partial charge in [-0.25, -0.2) is 10.1 Å². The predicted molar refractivity (Wildman–Crippen MR) is 114 cm³/mol. The van der Waals surface area contributed by atoms with Crippen molar-refractivity contribution in [3.8, 4) is 11.4 Å². The number of aromatic nitrogens is 2. The molecule has 0 bridgehead atoms. The second-order valence-corrected chi connectivity index (χ2v) is 7.41. The zero-order valence-electron chi connectivity index (χ0n) is 15.7. The Morgan fingerprint density at radius 2 is 1.93 bits per heavy atom. The molecule has 29 heavy (non-hydrogen) atoms. The molecule has 4 rings (SSSR count). The molecule has 3 aromatic rings. The van der Waals surface area contributed by atoms with Crippen molar-refractivity contribution in [2.45, 2.75) is 19.3 Å². The van der Waals surface area contributed by atoms with Crippen molar-refractivity contribution in [1.82, 2.24) is 15.2 Å². The van der Waals surface area contributed by atoms with Crippen LogP contribution in [-0.4, -0.2) is 29.0 Å². The molecular weight excluding hydrogens is 411 g/mol. The van der Waals surface area contributed by atoms with Crippen molar-refractivity contribution < 1.29 is 9.53 Å². The fourth-order valence-electron chi connectivity index (χ4n) is 3.47. The minimum atomic E-state index is -0.347. The zero-order chi connectivity index (χ0) is 20.4. The third-order valence-corrected chi connectivity index (χ3v) is 5.31. The number of carbonyl (C=O) groups is 1. The number of nitrogens with zero attached hydrogens (tertiary/aromatic N) is 3. The Labute approximate surface area is 178 Å². The molecule has 1 aromatic heterocycles. The van der Waals surface area contributed by atoms with Gasteiger partial charge in [-0.15, -0.1) is 0 Å². The Hall–Kier alpha value is -2.83. The molecule has 0 unspecified atom stereocenters. The summed E-state index contributed by atoms with van der Waals surface area (Å²) in [5, 5.41) is 9.32. The van der Waals surface area contributed by atoms with E-state index < -0.39 is 0 Å². The van der Waals surface area contributed by atoms with Crippen molar-refractivity contribution in [2.24, 2.45) is 5.10 Å². The molecule has 1 N–H and O–H groups in total. The lowest BCUT2D eigenvalue weighted by Crippen LogP contribution is -2.20. The van der Waals surface area contributed by atoms with Gasteiger partial charge in [0.15, 0.2) is 11.4 Å². The first-order chi connectivity index (χ1) is 14.1. The van der Waals surface area contributed by atoms with E-state index in [-0.39, 0.29) is 5.91 Å². The van der Waals surface area contributed by atoms with Crippen LogP contribution in [0.1, 0.15) is 33.7 Å². The van der Waals surface area contributed by atoms with E-state index in [9.17, 15) is 4.79 Å². The molecule has 1 amide bonds. The summed E-state index contributed by atoms with van der Waals surface area (Å²) in [7, 11) is 1.49. The molecule has 2 aromatic carbocycles. The molecule has 8 heteroatoms. The number of halogens is 2. The standard InChI is InChI=1S/C21H18Cl2N4O2/c1-29-20-16(22)10-13(11-17(20)23)12-24-25-21(28)19-15-8-5-9-18(15)27(26-19)14-6-3-2-4-7-14/h2-4,6-7,10-12H,5,8-9H2,1H3,(H,25,28)/b24-12+. The van der Waals surface area contributed by atoms with Gasteiger partial charge >= 0.3 is 0 Å². The van der Waals surface area contributed by atoms with Crippen molar-refractivity contribution in [1.29, 1.82) is 0 Å². The summed E-state index contributed by atoms with van der Waals surface area (Å²) >= 11 is 12.3. The lowest BCUT2D eigenvalue weighted by Gasteiger charge is -2.06. The Morgan fingerprint density at radius 3 is 2.62 bits per heavy atom. The van der Waals surface area contributed by atoms with Crippen LogP contribution >= 0.6 is 23.2 Å². The van der Waals surface area contributed by atoms with E-state index in [0.717, 1.165) is 36.2 Å². The number of ether oxygens (including phenoxy) is 1. The summed E-state index contributed by atoms with van der Waals surface area (Å²) in [6, 6.07) is 13.1. The molecule has 0 saturated carbocycles. The fourth-order valence-corrected chi connectivity index (χ4v) is 4.13. The monoisotopic (exact) mass is 428 g/mol. The number of benzene rings is 2. The third kappa shape index (κ3) is 3.86. The number of hydrogen-bond acceptors (Lipinski definition) is 4. The van der Waals surface area contributed by atoms with Gasteiger partial charge in [-0.3, -0.25) is 4.79 Å². The average Bonchev–Trinajstić information content (AvgIpc) is 3.31. The second-order valence-electron chi connectivity index (χ2n) is 6.59. The second kappa shape index (κ2) is 8.27. The van der Waals surface area contributed by atoms with Gasteiger partial charge in [0.05, 0.1) is 29.1 Å². The van der Waals surface area contributed by atoms with Crippen LogP contribution in [0.2, 0.25) is 10.0 Å². The number of amides is 1. The van der Waals surface area contributed by atoms with Gasteiger partial charge in [0, 0.05) is 11.3 Å². The highest BCUT2D eigenvalue weighted by Gasteiger charge is 2.26. The number of fused-ring (bicyclic) bond motifs is 1. The van der Waals surface area contributed by atoms with E-state index in [1.165, 1.54) is 13.3 Å². The number of para-hydroxylation sites is 1. The fraction of sp³-hybridized carbons (Fsp3) is 0.190. The number of carbonyl (C=O) groups excluding carboxylic acids is 1. The molecule has 1 aliphatic rings. The van der Waals surface area contributed by atoms with Crippen LogP contribution in [0.5, 0.6) is 5.75 Å². The molecule has 148 valence electrons. The highest BCUT2D eigenvalue weighted by atomic mass is 35.5. The van der Waals surface area contributed by atoms with Crippen LogP contribution in [0.4, 0.5) is 0 Å². The maximum absolute atomic E-state index is 12.7. The number of hydrazone groups is 1. The van der Waals surface area contributed by atoms with E-state index in [0.29, 0.717) is 27.1 Å². The minimum Gasteiger partial charge on any atom is -0.494 e. The van der Waals surface area contributed by atoms with E-state index in [1.54, 1.807) is 12.1 Å². The Bertz CT molecular complexity index is 1070. The topological polar surface area (TPSA) is 68.5 Å². The first-order valence-electron chi connectivity index (χ1n) is 9.11. The molecule has 0 saturated heterocycles. The van der Waals surface area contributed by atoms with Gasteiger partial charge in [0.2, 0.25) is 0 Å². The van der Waals surface area contributed by atoms with Gasteiger partial charge in [0.1, 0.15) is 0 Å². The molecular formula is C21H18Cl2N4O2. The molecule has 0 fully saturated rings. The van der Waals surface area contributed by atoms with Crippen LogP contribution in [0, 0.1) is 0 Å². The molecule has 0 radical (unpaired) electrons. The van der Waals surface area contributed by atoms with E-state index in [1.807, 2.05) is 35.0 Å². The van der Waals surface area contributed by atoms with Gasteiger partial charge < -0.3 is 4.74 Å². The molecule has 1 heterocycles. The highest BCUT2D eigenvalue weighted by molar-refractivity contribution is 6.37. The van der Waals surface area contributed by atoms with Gasteiger partial charge in [-0.05, 0) is 49.1 Å². The van der Waals surface area contributed by atoms with Crippen LogP contribution in [0.25, 0.3) is 5.69 Å². The van der Waals surface area contributed by atoms with E-state index in [4.69, 9.17) is 27.9 Å². The maximum atomic E-state index is 12.7. The van der Waals surface area contributed by atoms with Gasteiger partial charge in [0.25, 0.3) is 5.91 Å². The van der Waals surface area contributed by atoms with Crippen LogP contribution < -0.4 is 10.2 Å². The van der Waals surface area contributed by atoms with Crippen molar-refractivity contribution in [3.05, 3.63) is 75.0 Å². The Kier molecular flexibility index (Phi) is 5.56. The molecule has 6 nitrogen and oxygen atoms in total. The van der Waals surface area contributed by atoms with Crippen LogP contribution in [0.3, 0.4) is 0 Å². The summed E-state index contributed by atoms with van der Waals surface area (Å²) < 4.78 is 6.98. The summed E-state index contributed by atoms with van der Waals surface area (Å²) in [5.41, 5.74) is 6.60. The van der Waals surface area contributed by atoms with Crippen molar-refractivity contribution in [3.63, 3.8) is 0 Å². The average molecular weight is 429 g/mol. The largest absolute Gasteiger partial charge is 0.494 e. The molecule has 0 spiro atoms. The van der Waals surface area contributed by atoms with E-state index >= 15 is 0 Å². The first kappa shape index (κ1) is 19.5. The minimum absolute atomic E-state index is 0.347. The Morgan fingerprint density at radius 1 is 1.21 bits per heavy atom. The lowest BCUT2D eigenvalue weighted by molar-refractivity contribution is 0.0949. The maximum Gasteiger partial charge on any atom is 0.292 e. The van der Waals surface area contributed by atoms with E-state index in [2.05, 4.69) is 15.6 Å². The van der Waals surface area contributed by atoms with Crippen molar-refractivity contribution in [2.75, 3.05) is 7.11 Å². The number of methoxy groups -OCH3 is 1.